The Morgan fingerprint density at radius 1 is 1.14 bits per heavy atom. The lowest BCUT2D eigenvalue weighted by molar-refractivity contribution is 0.0697. The van der Waals surface area contributed by atoms with Crippen molar-refractivity contribution in [2.75, 3.05) is 4.90 Å². The van der Waals surface area contributed by atoms with E-state index in [9.17, 15) is 19.5 Å². The number of amides is 2. The van der Waals surface area contributed by atoms with Gasteiger partial charge >= 0.3 is 5.97 Å². The molecule has 1 aliphatic heterocycles. The van der Waals surface area contributed by atoms with Crippen LogP contribution in [0, 0.1) is 6.92 Å². The number of carboxylic acids is 1. The average Bonchev–Trinajstić information content (AvgIpc) is 2.72. The van der Waals surface area contributed by atoms with Crippen LogP contribution in [0.4, 0.5) is 5.69 Å². The molecule has 0 unspecified atom stereocenters. The van der Waals surface area contributed by atoms with Crippen LogP contribution in [-0.4, -0.2) is 27.9 Å². The topological polar surface area (TPSA) is 87.6 Å². The summed E-state index contributed by atoms with van der Waals surface area (Å²) in [6.45, 7) is 1.74. The molecule has 3 rings (SSSR count). The number of aryl methyl sites for hydroxylation is 1. The molecule has 1 N–H and O–H groups in total. The Hall–Kier alpha value is -3.02. The minimum atomic E-state index is -1.19. The summed E-state index contributed by atoms with van der Waals surface area (Å²) in [6.07, 6.45) is 2.73. The molecule has 2 aromatic rings. The number of aromatic carboxylic acids is 1. The fraction of sp³-hybridized carbons (Fsp3) is 0.0667. The third kappa shape index (κ3) is 1.88. The van der Waals surface area contributed by atoms with Gasteiger partial charge in [-0.05, 0) is 25.1 Å². The summed E-state index contributed by atoms with van der Waals surface area (Å²) < 4.78 is 0. The number of imide groups is 1. The summed E-state index contributed by atoms with van der Waals surface area (Å²) in [6, 6.07) is 6.00. The molecule has 0 atom stereocenters. The van der Waals surface area contributed by atoms with Crippen LogP contribution in [0.2, 0.25) is 0 Å². The number of carbonyl (C=O) groups is 3. The first-order valence-electron chi connectivity index (χ1n) is 6.17. The quantitative estimate of drug-likeness (QED) is 0.850. The molecule has 1 aliphatic rings. The van der Waals surface area contributed by atoms with Crippen molar-refractivity contribution >= 4 is 23.5 Å². The molecule has 0 saturated carbocycles. The van der Waals surface area contributed by atoms with E-state index in [0.29, 0.717) is 0 Å². The van der Waals surface area contributed by atoms with Crippen molar-refractivity contribution in [2.24, 2.45) is 0 Å². The normalized spacial score (nSPS) is 13.5. The second kappa shape index (κ2) is 4.52. The van der Waals surface area contributed by atoms with Crippen LogP contribution < -0.4 is 4.90 Å². The van der Waals surface area contributed by atoms with Gasteiger partial charge in [0.15, 0.2) is 0 Å². The van der Waals surface area contributed by atoms with Crippen LogP contribution in [0.3, 0.4) is 0 Å². The van der Waals surface area contributed by atoms with E-state index in [-0.39, 0.29) is 22.4 Å². The van der Waals surface area contributed by atoms with Gasteiger partial charge in [0.05, 0.1) is 22.4 Å². The van der Waals surface area contributed by atoms with Crippen molar-refractivity contribution < 1.29 is 19.5 Å². The lowest BCUT2D eigenvalue weighted by Gasteiger charge is -2.16. The van der Waals surface area contributed by atoms with Gasteiger partial charge in [-0.1, -0.05) is 11.6 Å². The standard InChI is InChI=1S/C15H10N2O4/c1-8-2-3-12(10(6-8)15(20)21)17-13(18)9-4-5-16-7-11(9)14(17)19/h2-7H,1H3,(H,20,21). The smallest absolute Gasteiger partial charge is 0.337 e. The van der Waals surface area contributed by atoms with E-state index < -0.39 is 17.8 Å². The Morgan fingerprint density at radius 3 is 2.52 bits per heavy atom. The predicted molar refractivity (Wildman–Crippen MR) is 73.5 cm³/mol. The number of hydrogen-bond acceptors (Lipinski definition) is 4. The monoisotopic (exact) mass is 282 g/mol. The van der Waals surface area contributed by atoms with Gasteiger partial charge in [-0.2, -0.15) is 0 Å². The van der Waals surface area contributed by atoms with Crippen molar-refractivity contribution in [3.63, 3.8) is 0 Å². The number of carboxylic acid groups (broad SMARTS) is 1. The first-order chi connectivity index (χ1) is 10.0. The fourth-order valence-corrected chi connectivity index (χ4v) is 2.32. The number of anilines is 1. The molecule has 6 nitrogen and oxygen atoms in total. The van der Waals surface area contributed by atoms with E-state index in [1.165, 1.54) is 30.6 Å². The van der Waals surface area contributed by atoms with Crippen LogP contribution in [0.25, 0.3) is 0 Å². The molecule has 0 spiro atoms. The Balaban J connectivity index is 2.18. The van der Waals surface area contributed by atoms with E-state index in [1.54, 1.807) is 13.0 Å². The molecule has 0 saturated heterocycles. The molecule has 0 aliphatic carbocycles. The van der Waals surface area contributed by atoms with Crippen LogP contribution in [0.5, 0.6) is 0 Å². The summed E-state index contributed by atoms with van der Waals surface area (Å²) >= 11 is 0. The zero-order chi connectivity index (χ0) is 15.1. The summed E-state index contributed by atoms with van der Waals surface area (Å²) in [7, 11) is 0. The van der Waals surface area contributed by atoms with E-state index in [4.69, 9.17) is 0 Å². The highest BCUT2D eigenvalue weighted by Gasteiger charge is 2.38. The van der Waals surface area contributed by atoms with Crippen molar-refractivity contribution in [2.45, 2.75) is 6.92 Å². The minimum Gasteiger partial charge on any atom is -0.478 e. The van der Waals surface area contributed by atoms with Gasteiger partial charge in [0.1, 0.15) is 0 Å². The highest BCUT2D eigenvalue weighted by molar-refractivity contribution is 6.35. The van der Waals surface area contributed by atoms with Gasteiger partial charge in [-0.3, -0.25) is 14.6 Å². The van der Waals surface area contributed by atoms with Crippen molar-refractivity contribution in [3.8, 4) is 0 Å². The van der Waals surface area contributed by atoms with Gasteiger partial charge < -0.3 is 5.11 Å². The first kappa shape index (κ1) is 13.0. The molecule has 1 aromatic carbocycles. The van der Waals surface area contributed by atoms with E-state index in [2.05, 4.69) is 4.98 Å². The van der Waals surface area contributed by atoms with Crippen LogP contribution in [0.15, 0.2) is 36.7 Å². The van der Waals surface area contributed by atoms with Gasteiger partial charge in [-0.25, -0.2) is 9.69 Å². The lowest BCUT2D eigenvalue weighted by atomic mass is 10.1. The van der Waals surface area contributed by atoms with E-state index in [0.717, 1.165) is 10.5 Å². The number of rotatable bonds is 2. The Bertz CT molecular complexity index is 763. The third-order valence-corrected chi connectivity index (χ3v) is 3.31. The maximum Gasteiger partial charge on any atom is 0.337 e. The Morgan fingerprint density at radius 2 is 1.86 bits per heavy atom. The maximum absolute atomic E-state index is 12.4. The van der Waals surface area contributed by atoms with Crippen molar-refractivity contribution in [1.82, 2.24) is 4.98 Å². The summed E-state index contributed by atoms with van der Waals surface area (Å²) in [5.41, 5.74) is 1.12. The molecule has 21 heavy (non-hydrogen) atoms. The summed E-state index contributed by atoms with van der Waals surface area (Å²) in [5, 5.41) is 9.28. The number of benzene rings is 1. The van der Waals surface area contributed by atoms with Gasteiger partial charge in [-0.15, -0.1) is 0 Å². The SMILES string of the molecule is Cc1ccc(N2C(=O)c3ccncc3C2=O)c(C(=O)O)c1. The Kier molecular flexibility index (Phi) is 2.79. The minimum absolute atomic E-state index is 0.0688. The maximum atomic E-state index is 12.4. The first-order valence-corrected chi connectivity index (χ1v) is 6.17. The second-order valence-corrected chi connectivity index (χ2v) is 4.69. The number of fused-ring (bicyclic) bond motifs is 1. The van der Waals surface area contributed by atoms with E-state index >= 15 is 0 Å². The van der Waals surface area contributed by atoms with Crippen molar-refractivity contribution in [1.29, 1.82) is 0 Å². The molecular formula is C15H10N2O4. The number of pyridine rings is 1. The summed E-state index contributed by atoms with van der Waals surface area (Å²) in [4.78, 5) is 40.8. The zero-order valence-electron chi connectivity index (χ0n) is 11.0. The highest BCUT2D eigenvalue weighted by Crippen LogP contribution is 2.30. The molecule has 104 valence electrons. The second-order valence-electron chi connectivity index (χ2n) is 4.69. The average molecular weight is 282 g/mol. The summed E-state index contributed by atoms with van der Waals surface area (Å²) in [5.74, 6) is -2.29. The highest BCUT2D eigenvalue weighted by atomic mass is 16.4. The molecule has 2 amide bonds. The molecule has 6 heteroatoms. The number of aromatic nitrogens is 1. The predicted octanol–water partition coefficient (Wildman–Crippen LogP) is 1.89. The largest absolute Gasteiger partial charge is 0.478 e. The number of carbonyl (C=O) groups excluding carboxylic acids is 2. The van der Waals surface area contributed by atoms with Gasteiger partial charge in [0, 0.05) is 12.4 Å². The van der Waals surface area contributed by atoms with E-state index in [1.807, 2.05) is 0 Å². The van der Waals surface area contributed by atoms with Gasteiger partial charge in [0.2, 0.25) is 0 Å². The fourth-order valence-electron chi connectivity index (χ4n) is 2.32. The molecule has 0 fully saturated rings. The number of hydrogen-bond donors (Lipinski definition) is 1. The lowest BCUT2D eigenvalue weighted by Crippen LogP contribution is -2.31. The van der Waals surface area contributed by atoms with Crippen molar-refractivity contribution in [3.05, 3.63) is 58.9 Å². The molecule has 0 bridgehead atoms. The van der Waals surface area contributed by atoms with Gasteiger partial charge in [0.25, 0.3) is 11.8 Å². The molecular weight excluding hydrogens is 272 g/mol. The van der Waals surface area contributed by atoms with Crippen LogP contribution >= 0.6 is 0 Å². The molecule has 1 aromatic heterocycles. The Labute approximate surface area is 119 Å². The zero-order valence-corrected chi connectivity index (χ0v) is 11.0. The van der Waals surface area contributed by atoms with Crippen LogP contribution in [0.1, 0.15) is 36.6 Å². The third-order valence-electron chi connectivity index (χ3n) is 3.31. The van der Waals surface area contributed by atoms with Crippen LogP contribution in [-0.2, 0) is 0 Å². The molecule has 2 heterocycles. The number of nitrogens with zero attached hydrogens (tertiary/aromatic N) is 2. The molecule has 0 radical (unpaired) electrons.